The van der Waals surface area contributed by atoms with Crippen LogP contribution in [-0.2, 0) is 11.2 Å². The third kappa shape index (κ3) is 4.52. The van der Waals surface area contributed by atoms with Gasteiger partial charge in [-0.15, -0.1) is 11.3 Å². The molecule has 0 atom stereocenters. The first-order chi connectivity index (χ1) is 12.6. The molecule has 0 aliphatic heterocycles. The number of hydrazine groups is 1. The number of hydrogen-bond donors (Lipinski definition) is 2. The second-order valence-electron chi connectivity index (χ2n) is 5.66. The number of rotatable bonds is 5. The molecule has 3 aromatic rings. The molecule has 2 heterocycles. The standard InChI is InChI=1S/C19H18N4O2S/c1-13-17(26-19(21-13)15-7-3-2-4-8-15)18(25)23-22-16(24)10-9-14-6-5-11-20-12-14/h2-8,11-12H,9-10H2,1H3,(H,22,24)(H,23,25). The summed E-state index contributed by atoms with van der Waals surface area (Å²) in [7, 11) is 0. The topological polar surface area (TPSA) is 84.0 Å². The van der Waals surface area contributed by atoms with Gasteiger partial charge in [-0.1, -0.05) is 36.4 Å². The number of nitrogens with zero attached hydrogens (tertiary/aromatic N) is 2. The molecule has 0 radical (unpaired) electrons. The van der Waals surface area contributed by atoms with Gasteiger partial charge in [0.15, 0.2) is 0 Å². The number of aromatic nitrogens is 2. The summed E-state index contributed by atoms with van der Waals surface area (Å²) in [4.78, 5) is 33.2. The quantitative estimate of drug-likeness (QED) is 0.680. The van der Waals surface area contributed by atoms with Crippen LogP contribution >= 0.6 is 11.3 Å². The van der Waals surface area contributed by atoms with E-state index in [0.717, 1.165) is 16.1 Å². The third-order valence-electron chi connectivity index (χ3n) is 3.70. The molecular formula is C19H18N4O2S. The van der Waals surface area contributed by atoms with Gasteiger partial charge in [0.1, 0.15) is 9.88 Å². The smallest absolute Gasteiger partial charge is 0.273 e. The van der Waals surface area contributed by atoms with Crippen LogP contribution in [0, 0.1) is 6.92 Å². The Morgan fingerprint density at radius 1 is 1.08 bits per heavy atom. The lowest BCUT2D eigenvalue weighted by Crippen LogP contribution is -2.41. The van der Waals surface area contributed by atoms with Gasteiger partial charge in [0.2, 0.25) is 5.91 Å². The van der Waals surface area contributed by atoms with E-state index in [1.807, 2.05) is 42.5 Å². The minimum absolute atomic E-state index is 0.257. The van der Waals surface area contributed by atoms with Crippen LogP contribution in [0.15, 0.2) is 54.9 Å². The highest BCUT2D eigenvalue weighted by atomic mass is 32.1. The molecule has 0 aliphatic rings. The summed E-state index contributed by atoms with van der Waals surface area (Å²) in [6.07, 6.45) is 4.23. The van der Waals surface area contributed by atoms with Gasteiger partial charge in [-0.25, -0.2) is 4.98 Å². The van der Waals surface area contributed by atoms with Crippen molar-refractivity contribution in [3.8, 4) is 10.6 Å². The summed E-state index contributed by atoms with van der Waals surface area (Å²) in [5.74, 6) is -0.621. The van der Waals surface area contributed by atoms with E-state index in [9.17, 15) is 9.59 Å². The molecule has 0 fully saturated rings. The summed E-state index contributed by atoms with van der Waals surface area (Å²) in [6.45, 7) is 1.78. The van der Waals surface area contributed by atoms with Crippen molar-refractivity contribution in [3.05, 3.63) is 71.0 Å². The van der Waals surface area contributed by atoms with Crippen molar-refractivity contribution in [3.63, 3.8) is 0 Å². The number of aryl methyl sites for hydroxylation is 2. The lowest BCUT2D eigenvalue weighted by molar-refractivity contribution is -0.121. The molecule has 2 amide bonds. The van der Waals surface area contributed by atoms with Gasteiger partial charge in [0, 0.05) is 24.4 Å². The summed E-state index contributed by atoms with van der Waals surface area (Å²) in [5, 5.41) is 0.774. The zero-order valence-corrected chi connectivity index (χ0v) is 15.0. The van der Waals surface area contributed by atoms with Gasteiger partial charge in [0.25, 0.3) is 5.91 Å². The SMILES string of the molecule is Cc1nc(-c2ccccc2)sc1C(=O)NNC(=O)CCc1cccnc1. The predicted molar refractivity (Wildman–Crippen MR) is 100 cm³/mol. The lowest BCUT2D eigenvalue weighted by Gasteiger charge is -2.06. The molecule has 0 saturated heterocycles. The van der Waals surface area contributed by atoms with Crippen LogP contribution in [0.1, 0.15) is 27.3 Å². The van der Waals surface area contributed by atoms with E-state index in [0.29, 0.717) is 17.0 Å². The monoisotopic (exact) mass is 366 g/mol. The predicted octanol–water partition coefficient (Wildman–Crippen LogP) is 2.91. The first-order valence-electron chi connectivity index (χ1n) is 8.14. The molecule has 3 rings (SSSR count). The zero-order chi connectivity index (χ0) is 18.4. The van der Waals surface area contributed by atoms with Gasteiger partial charge in [0.05, 0.1) is 5.69 Å². The van der Waals surface area contributed by atoms with Gasteiger partial charge >= 0.3 is 0 Å². The third-order valence-corrected chi connectivity index (χ3v) is 4.91. The molecule has 132 valence electrons. The van der Waals surface area contributed by atoms with Crippen molar-refractivity contribution in [2.75, 3.05) is 0 Å². The number of pyridine rings is 1. The average Bonchev–Trinajstić information content (AvgIpc) is 3.08. The highest BCUT2D eigenvalue weighted by molar-refractivity contribution is 7.17. The van der Waals surface area contributed by atoms with Crippen molar-refractivity contribution in [2.45, 2.75) is 19.8 Å². The van der Waals surface area contributed by atoms with Gasteiger partial charge in [-0.2, -0.15) is 0 Å². The Morgan fingerprint density at radius 3 is 2.62 bits per heavy atom. The van der Waals surface area contributed by atoms with Crippen LogP contribution in [0.25, 0.3) is 10.6 Å². The lowest BCUT2D eigenvalue weighted by atomic mass is 10.1. The second-order valence-corrected chi connectivity index (χ2v) is 6.66. The Kier molecular flexibility index (Phi) is 5.70. The molecule has 0 unspecified atom stereocenters. The fraction of sp³-hybridized carbons (Fsp3) is 0.158. The summed E-state index contributed by atoms with van der Waals surface area (Å²) in [5.41, 5.74) is 7.47. The number of benzene rings is 1. The number of carbonyl (C=O) groups is 2. The summed E-state index contributed by atoms with van der Waals surface area (Å²) >= 11 is 1.30. The molecule has 7 heteroatoms. The van der Waals surface area contributed by atoms with Gasteiger partial charge in [-0.05, 0) is 25.0 Å². The number of thiazole rings is 1. The molecule has 0 spiro atoms. The van der Waals surface area contributed by atoms with E-state index in [1.165, 1.54) is 11.3 Å². The molecule has 26 heavy (non-hydrogen) atoms. The van der Waals surface area contributed by atoms with E-state index in [-0.39, 0.29) is 18.2 Å². The van der Waals surface area contributed by atoms with Gasteiger partial charge in [-0.3, -0.25) is 25.4 Å². The molecule has 0 bridgehead atoms. The average molecular weight is 366 g/mol. The fourth-order valence-corrected chi connectivity index (χ4v) is 3.33. The Morgan fingerprint density at radius 2 is 1.88 bits per heavy atom. The number of nitrogens with one attached hydrogen (secondary N) is 2. The maximum absolute atomic E-state index is 12.3. The zero-order valence-electron chi connectivity index (χ0n) is 14.2. The first-order valence-corrected chi connectivity index (χ1v) is 8.96. The van der Waals surface area contributed by atoms with E-state index in [2.05, 4.69) is 20.8 Å². The van der Waals surface area contributed by atoms with E-state index < -0.39 is 0 Å². The highest BCUT2D eigenvalue weighted by Crippen LogP contribution is 2.27. The van der Waals surface area contributed by atoms with Crippen molar-refractivity contribution in [1.29, 1.82) is 0 Å². The van der Waals surface area contributed by atoms with Crippen LogP contribution < -0.4 is 10.9 Å². The van der Waals surface area contributed by atoms with Crippen LogP contribution in [0.4, 0.5) is 0 Å². The molecule has 0 aliphatic carbocycles. The molecule has 1 aromatic carbocycles. The molecule has 6 nitrogen and oxygen atoms in total. The van der Waals surface area contributed by atoms with E-state index in [1.54, 1.807) is 19.3 Å². The highest BCUT2D eigenvalue weighted by Gasteiger charge is 2.16. The fourth-order valence-electron chi connectivity index (χ4n) is 2.36. The summed E-state index contributed by atoms with van der Waals surface area (Å²) in [6, 6.07) is 13.4. The second kappa shape index (κ2) is 8.35. The Balaban J connectivity index is 1.55. The van der Waals surface area contributed by atoms with Crippen molar-refractivity contribution in [1.82, 2.24) is 20.8 Å². The molecular weight excluding hydrogens is 348 g/mol. The maximum Gasteiger partial charge on any atom is 0.281 e. The summed E-state index contributed by atoms with van der Waals surface area (Å²) < 4.78 is 0. The van der Waals surface area contributed by atoms with Crippen LogP contribution in [0.5, 0.6) is 0 Å². The number of carbonyl (C=O) groups excluding carboxylic acids is 2. The van der Waals surface area contributed by atoms with Crippen LogP contribution in [0.2, 0.25) is 0 Å². The minimum Gasteiger partial charge on any atom is -0.273 e. The molecule has 0 saturated carbocycles. The first kappa shape index (κ1) is 17.8. The number of amides is 2. The van der Waals surface area contributed by atoms with Crippen LogP contribution in [-0.4, -0.2) is 21.8 Å². The van der Waals surface area contributed by atoms with E-state index in [4.69, 9.17) is 0 Å². The molecule has 2 aromatic heterocycles. The molecule has 2 N–H and O–H groups in total. The van der Waals surface area contributed by atoms with Crippen molar-refractivity contribution in [2.24, 2.45) is 0 Å². The Hall–Kier alpha value is -3.06. The van der Waals surface area contributed by atoms with Crippen LogP contribution in [0.3, 0.4) is 0 Å². The van der Waals surface area contributed by atoms with Crippen molar-refractivity contribution < 1.29 is 9.59 Å². The number of hydrogen-bond acceptors (Lipinski definition) is 5. The largest absolute Gasteiger partial charge is 0.281 e. The van der Waals surface area contributed by atoms with Gasteiger partial charge < -0.3 is 0 Å². The van der Waals surface area contributed by atoms with E-state index >= 15 is 0 Å². The minimum atomic E-state index is -0.364. The van der Waals surface area contributed by atoms with Crippen molar-refractivity contribution >= 4 is 23.2 Å². The maximum atomic E-state index is 12.3. The Bertz CT molecular complexity index is 894. The Labute approximate surface area is 155 Å². The normalized spacial score (nSPS) is 10.3.